The molecule has 2 heterocycles. The van der Waals surface area contributed by atoms with Crippen molar-refractivity contribution in [2.24, 2.45) is 0 Å². The molecule has 156 valence electrons. The van der Waals surface area contributed by atoms with E-state index < -0.39 is 10.8 Å². The largest absolute Gasteiger partial charge is 0.362 e. The molecule has 1 N–H and O–H groups in total. The van der Waals surface area contributed by atoms with Crippen molar-refractivity contribution in [3.63, 3.8) is 0 Å². The van der Waals surface area contributed by atoms with Gasteiger partial charge in [0.25, 0.3) is 11.6 Å². The number of anilines is 2. The fraction of sp³-hybridized carbons (Fsp3) is 0.350. The van der Waals surface area contributed by atoms with Crippen LogP contribution in [0.15, 0.2) is 18.2 Å². The minimum atomic E-state index is -0.510. The molecule has 0 atom stereocenters. The van der Waals surface area contributed by atoms with E-state index >= 15 is 0 Å². The third-order valence-electron chi connectivity index (χ3n) is 5.22. The Hall–Kier alpha value is -3.45. The number of carbonyl (C=O) groups excluding carboxylic acids is 2. The number of carbonyl (C=O) groups is 2. The highest BCUT2D eigenvalue weighted by Crippen LogP contribution is 2.33. The molecule has 1 fully saturated rings. The van der Waals surface area contributed by atoms with E-state index in [2.05, 4.69) is 11.4 Å². The van der Waals surface area contributed by atoms with Crippen molar-refractivity contribution >= 4 is 39.5 Å². The van der Waals surface area contributed by atoms with Crippen LogP contribution in [0.4, 0.5) is 16.4 Å². The maximum absolute atomic E-state index is 12.7. The van der Waals surface area contributed by atoms with Gasteiger partial charge < -0.3 is 15.1 Å². The minimum Gasteiger partial charge on any atom is -0.362 e. The number of nitriles is 1. The maximum Gasteiger partial charge on any atom is 0.293 e. The predicted octanol–water partition coefficient (Wildman–Crippen LogP) is 3.07. The number of amides is 2. The highest BCUT2D eigenvalue weighted by molar-refractivity contribution is 7.16. The maximum atomic E-state index is 12.7. The zero-order valence-corrected chi connectivity index (χ0v) is 17.7. The van der Waals surface area contributed by atoms with Crippen molar-refractivity contribution in [1.82, 2.24) is 4.90 Å². The Kier molecular flexibility index (Phi) is 6.03. The normalized spacial score (nSPS) is 13.7. The molecule has 1 saturated heterocycles. The molecule has 0 aliphatic carbocycles. The van der Waals surface area contributed by atoms with E-state index in [1.807, 2.05) is 18.7 Å². The van der Waals surface area contributed by atoms with Crippen molar-refractivity contribution in [3.05, 3.63) is 49.9 Å². The number of piperazine rings is 1. The third-order valence-corrected chi connectivity index (χ3v) is 6.35. The van der Waals surface area contributed by atoms with E-state index in [4.69, 9.17) is 0 Å². The zero-order valence-electron chi connectivity index (χ0n) is 16.9. The number of nitro groups is 1. The van der Waals surface area contributed by atoms with Gasteiger partial charge in [0.15, 0.2) is 0 Å². The SMILES string of the molecule is CC(=O)N1CCN(c2ccc(C(=O)Nc3sc(C)c(C)c3C#N)cc2[N+](=O)[O-])CC1. The van der Waals surface area contributed by atoms with Gasteiger partial charge >= 0.3 is 0 Å². The van der Waals surface area contributed by atoms with Gasteiger partial charge in [-0.3, -0.25) is 19.7 Å². The molecule has 10 heteroatoms. The summed E-state index contributed by atoms with van der Waals surface area (Å²) in [6.45, 7) is 7.11. The fourth-order valence-corrected chi connectivity index (χ4v) is 4.37. The van der Waals surface area contributed by atoms with Crippen LogP contribution in [0.1, 0.15) is 33.3 Å². The Bertz CT molecular complexity index is 1060. The summed E-state index contributed by atoms with van der Waals surface area (Å²) in [5.74, 6) is -0.532. The van der Waals surface area contributed by atoms with Gasteiger partial charge in [-0.2, -0.15) is 5.26 Å². The summed E-state index contributed by atoms with van der Waals surface area (Å²) in [6.07, 6.45) is 0. The van der Waals surface area contributed by atoms with Crippen LogP contribution in [0, 0.1) is 35.3 Å². The first-order valence-electron chi connectivity index (χ1n) is 9.33. The van der Waals surface area contributed by atoms with Crippen LogP contribution in [0.25, 0.3) is 0 Å². The molecule has 0 saturated carbocycles. The summed E-state index contributed by atoms with van der Waals surface area (Å²) in [4.78, 5) is 39.8. The lowest BCUT2D eigenvalue weighted by molar-refractivity contribution is -0.384. The van der Waals surface area contributed by atoms with E-state index in [9.17, 15) is 25.0 Å². The van der Waals surface area contributed by atoms with Crippen LogP contribution in [-0.2, 0) is 4.79 Å². The highest BCUT2D eigenvalue weighted by atomic mass is 32.1. The van der Waals surface area contributed by atoms with Crippen LogP contribution in [0.3, 0.4) is 0 Å². The molecule has 0 spiro atoms. The zero-order chi connectivity index (χ0) is 22.0. The van der Waals surface area contributed by atoms with Gasteiger partial charge in [-0.05, 0) is 31.5 Å². The number of hydrogen-bond donors (Lipinski definition) is 1. The molecular formula is C20H21N5O4S. The minimum absolute atomic E-state index is 0.0213. The lowest BCUT2D eigenvalue weighted by Crippen LogP contribution is -2.48. The van der Waals surface area contributed by atoms with Crippen molar-refractivity contribution in [1.29, 1.82) is 5.26 Å². The number of hydrogen-bond acceptors (Lipinski definition) is 7. The Morgan fingerprint density at radius 2 is 1.90 bits per heavy atom. The van der Waals surface area contributed by atoms with Gasteiger partial charge in [0.05, 0.1) is 10.5 Å². The molecule has 30 heavy (non-hydrogen) atoms. The van der Waals surface area contributed by atoms with E-state index in [1.54, 1.807) is 11.0 Å². The van der Waals surface area contributed by atoms with Gasteiger partial charge in [-0.1, -0.05) is 0 Å². The smallest absolute Gasteiger partial charge is 0.293 e. The van der Waals surface area contributed by atoms with Crippen LogP contribution in [0.2, 0.25) is 0 Å². The molecular weight excluding hydrogens is 406 g/mol. The van der Waals surface area contributed by atoms with Crippen molar-refractivity contribution in [2.45, 2.75) is 20.8 Å². The van der Waals surface area contributed by atoms with Gasteiger partial charge in [-0.25, -0.2) is 0 Å². The molecule has 1 aromatic heterocycles. The van der Waals surface area contributed by atoms with E-state index in [0.717, 1.165) is 10.4 Å². The summed E-state index contributed by atoms with van der Waals surface area (Å²) in [7, 11) is 0. The lowest BCUT2D eigenvalue weighted by Gasteiger charge is -2.35. The fourth-order valence-electron chi connectivity index (χ4n) is 3.37. The molecule has 1 aliphatic heterocycles. The van der Waals surface area contributed by atoms with Gasteiger partial charge in [0, 0.05) is 49.6 Å². The predicted molar refractivity (Wildman–Crippen MR) is 114 cm³/mol. The molecule has 1 aliphatic rings. The second-order valence-corrected chi connectivity index (χ2v) is 8.23. The van der Waals surface area contributed by atoms with Gasteiger partial charge in [0.1, 0.15) is 16.8 Å². The molecule has 0 bridgehead atoms. The first kappa shape index (κ1) is 21.3. The summed E-state index contributed by atoms with van der Waals surface area (Å²) in [5.41, 5.74) is 1.60. The number of thiophene rings is 1. The van der Waals surface area contributed by atoms with Crippen LogP contribution in [0.5, 0.6) is 0 Å². The Labute approximate surface area is 177 Å². The van der Waals surface area contributed by atoms with Crippen LogP contribution >= 0.6 is 11.3 Å². The average Bonchev–Trinajstić information content (AvgIpc) is 2.99. The van der Waals surface area contributed by atoms with Crippen molar-refractivity contribution in [2.75, 3.05) is 36.4 Å². The summed E-state index contributed by atoms with van der Waals surface area (Å²) in [6, 6.07) is 6.44. The lowest BCUT2D eigenvalue weighted by atomic mass is 10.1. The second-order valence-electron chi connectivity index (χ2n) is 7.01. The number of nitro benzene ring substituents is 1. The Morgan fingerprint density at radius 3 is 2.47 bits per heavy atom. The Balaban J connectivity index is 1.84. The molecule has 3 rings (SSSR count). The monoisotopic (exact) mass is 427 g/mol. The molecule has 9 nitrogen and oxygen atoms in total. The number of nitrogens with zero attached hydrogens (tertiary/aromatic N) is 4. The number of aryl methyl sites for hydroxylation is 1. The number of rotatable bonds is 4. The highest BCUT2D eigenvalue weighted by Gasteiger charge is 2.26. The van der Waals surface area contributed by atoms with Crippen molar-refractivity contribution < 1.29 is 14.5 Å². The van der Waals surface area contributed by atoms with E-state index in [0.29, 0.717) is 42.4 Å². The van der Waals surface area contributed by atoms with E-state index in [1.165, 1.54) is 30.4 Å². The average molecular weight is 427 g/mol. The standard InChI is InChI=1S/C20H21N5O4S/c1-12-13(2)30-20(16(12)11-21)22-19(27)15-4-5-17(18(10-15)25(28)29)24-8-6-23(7-9-24)14(3)26/h4-5,10H,6-9H2,1-3H3,(H,22,27). The van der Waals surface area contributed by atoms with Crippen LogP contribution in [-0.4, -0.2) is 47.8 Å². The first-order chi connectivity index (χ1) is 14.2. The summed E-state index contributed by atoms with van der Waals surface area (Å²) >= 11 is 1.30. The first-order valence-corrected chi connectivity index (χ1v) is 10.1. The van der Waals surface area contributed by atoms with Crippen LogP contribution < -0.4 is 10.2 Å². The molecule has 0 unspecified atom stereocenters. The van der Waals surface area contributed by atoms with E-state index in [-0.39, 0.29) is 17.2 Å². The molecule has 1 aromatic carbocycles. The molecule has 2 amide bonds. The van der Waals surface area contributed by atoms with Crippen molar-refractivity contribution in [3.8, 4) is 6.07 Å². The third kappa shape index (κ3) is 4.11. The second kappa shape index (κ2) is 8.51. The number of nitrogens with one attached hydrogen (secondary N) is 1. The summed E-state index contributed by atoms with van der Waals surface area (Å²) in [5, 5.41) is 24.1. The molecule has 0 radical (unpaired) electrons. The Morgan fingerprint density at radius 1 is 1.23 bits per heavy atom. The number of benzene rings is 1. The van der Waals surface area contributed by atoms with Gasteiger partial charge in [-0.15, -0.1) is 11.3 Å². The van der Waals surface area contributed by atoms with Gasteiger partial charge in [0.2, 0.25) is 5.91 Å². The topological polar surface area (TPSA) is 120 Å². The summed E-state index contributed by atoms with van der Waals surface area (Å²) < 4.78 is 0. The molecule has 2 aromatic rings. The quantitative estimate of drug-likeness (QED) is 0.591.